The first-order valence-corrected chi connectivity index (χ1v) is 6.19. The van der Waals surface area contributed by atoms with E-state index in [2.05, 4.69) is 15.7 Å². The van der Waals surface area contributed by atoms with Gasteiger partial charge in [0, 0.05) is 5.02 Å². The number of guanidine groups is 1. The molecular weight excluding hydrogens is 282 g/mol. The van der Waals surface area contributed by atoms with E-state index in [1.807, 2.05) is 0 Å². The van der Waals surface area contributed by atoms with Crippen LogP contribution in [0.3, 0.4) is 0 Å². The molecule has 17 heavy (non-hydrogen) atoms. The van der Waals surface area contributed by atoms with Crippen molar-refractivity contribution in [3.05, 3.63) is 27.2 Å². The van der Waals surface area contributed by atoms with Gasteiger partial charge in [0.05, 0.1) is 21.8 Å². The normalized spacial score (nSPS) is 15.9. The van der Waals surface area contributed by atoms with Crippen LogP contribution in [0.2, 0.25) is 15.1 Å². The first kappa shape index (κ1) is 12.8. The Balaban J connectivity index is 2.22. The van der Waals surface area contributed by atoms with Gasteiger partial charge in [-0.3, -0.25) is 5.43 Å². The minimum atomic E-state index is 0.332. The van der Waals surface area contributed by atoms with Gasteiger partial charge in [-0.25, -0.2) is 10.8 Å². The number of aliphatic imine (C=N–C) groups is 1. The van der Waals surface area contributed by atoms with Crippen molar-refractivity contribution >= 4 is 46.4 Å². The average molecular weight is 294 g/mol. The highest BCUT2D eigenvalue weighted by molar-refractivity contribution is 6.42. The van der Waals surface area contributed by atoms with Crippen LogP contribution in [-0.2, 0) is 0 Å². The van der Waals surface area contributed by atoms with Crippen molar-refractivity contribution in [1.82, 2.24) is 5.43 Å². The third-order valence-corrected chi connectivity index (χ3v) is 3.06. The van der Waals surface area contributed by atoms with Crippen LogP contribution in [0.4, 0.5) is 5.69 Å². The number of hydrazine groups is 1. The number of halogens is 3. The lowest BCUT2D eigenvalue weighted by atomic mass is 10.3. The highest BCUT2D eigenvalue weighted by atomic mass is 35.5. The van der Waals surface area contributed by atoms with Crippen LogP contribution in [0.5, 0.6) is 0 Å². The van der Waals surface area contributed by atoms with Crippen molar-refractivity contribution in [3.8, 4) is 0 Å². The second-order valence-corrected chi connectivity index (χ2v) is 4.97. The summed E-state index contributed by atoms with van der Waals surface area (Å²) in [6.45, 7) is 0. The molecule has 0 atom stereocenters. The van der Waals surface area contributed by atoms with E-state index in [1.54, 1.807) is 12.1 Å². The molecule has 0 amide bonds. The zero-order valence-electron chi connectivity index (χ0n) is 8.80. The van der Waals surface area contributed by atoms with E-state index in [0.717, 1.165) is 12.8 Å². The Hall–Kier alpha value is -0.680. The Labute approximate surface area is 114 Å². The van der Waals surface area contributed by atoms with Gasteiger partial charge < -0.3 is 5.32 Å². The molecule has 92 valence electrons. The minimum Gasteiger partial charge on any atom is -0.323 e. The van der Waals surface area contributed by atoms with Gasteiger partial charge in [-0.2, -0.15) is 0 Å². The largest absolute Gasteiger partial charge is 0.323 e. The number of nitrogens with two attached hydrogens (primary N) is 1. The number of rotatable bonds is 2. The molecular formula is C10H11Cl3N4. The third-order valence-electron chi connectivity index (χ3n) is 2.25. The Kier molecular flexibility index (Phi) is 3.99. The van der Waals surface area contributed by atoms with Crippen LogP contribution in [-0.4, -0.2) is 12.0 Å². The predicted octanol–water partition coefficient (Wildman–Crippen LogP) is 3.04. The smallest absolute Gasteiger partial charge is 0.210 e. The van der Waals surface area contributed by atoms with Crippen molar-refractivity contribution in [2.45, 2.75) is 18.9 Å². The zero-order chi connectivity index (χ0) is 12.4. The molecule has 4 nitrogen and oxygen atoms in total. The van der Waals surface area contributed by atoms with E-state index in [9.17, 15) is 0 Å². The van der Waals surface area contributed by atoms with Crippen LogP contribution in [0.15, 0.2) is 17.1 Å². The van der Waals surface area contributed by atoms with Crippen molar-refractivity contribution in [3.63, 3.8) is 0 Å². The molecule has 1 aromatic carbocycles. The number of anilines is 1. The van der Waals surface area contributed by atoms with Crippen molar-refractivity contribution in [2.75, 3.05) is 5.32 Å². The number of nitrogens with zero attached hydrogens (tertiary/aromatic N) is 1. The average Bonchev–Trinajstić information content (AvgIpc) is 3.05. The molecule has 0 heterocycles. The topological polar surface area (TPSA) is 62.4 Å². The van der Waals surface area contributed by atoms with Gasteiger partial charge in [0.25, 0.3) is 0 Å². The van der Waals surface area contributed by atoms with E-state index < -0.39 is 0 Å². The second-order valence-electron chi connectivity index (χ2n) is 3.72. The molecule has 7 heteroatoms. The fourth-order valence-corrected chi connectivity index (χ4v) is 2.18. The standard InChI is InChI=1S/C10H11Cl3N4/c11-5-3-7(12)9(8(13)4-5)16-10(17-14)15-6-1-2-6/h3-4,6H,1-2,14H2,(H2,15,16,17). The summed E-state index contributed by atoms with van der Waals surface area (Å²) in [5, 5.41) is 4.27. The van der Waals surface area contributed by atoms with Crippen molar-refractivity contribution < 1.29 is 0 Å². The lowest BCUT2D eigenvalue weighted by Crippen LogP contribution is -2.36. The van der Waals surface area contributed by atoms with Crippen LogP contribution in [0.1, 0.15) is 12.8 Å². The summed E-state index contributed by atoms with van der Waals surface area (Å²) in [6, 6.07) is 3.53. The van der Waals surface area contributed by atoms with Gasteiger partial charge in [0.15, 0.2) is 0 Å². The number of hydrogen-bond donors (Lipinski definition) is 3. The lowest BCUT2D eigenvalue weighted by Gasteiger charge is -2.12. The molecule has 0 spiro atoms. The molecule has 1 aromatic rings. The van der Waals surface area contributed by atoms with Crippen LogP contribution >= 0.6 is 34.8 Å². The number of benzene rings is 1. The molecule has 0 saturated heterocycles. The summed E-state index contributed by atoms with van der Waals surface area (Å²) < 4.78 is 0. The summed E-state index contributed by atoms with van der Waals surface area (Å²) in [7, 11) is 0. The first-order chi connectivity index (χ1) is 8.10. The Bertz CT molecular complexity index is 434. The fraction of sp³-hybridized carbons (Fsp3) is 0.300. The monoisotopic (exact) mass is 292 g/mol. The molecule has 2 rings (SSSR count). The van der Waals surface area contributed by atoms with E-state index in [0.29, 0.717) is 32.8 Å². The molecule has 0 radical (unpaired) electrons. The highest BCUT2D eigenvalue weighted by Gasteiger charge is 2.21. The third kappa shape index (κ3) is 3.39. The van der Waals surface area contributed by atoms with Gasteiger partial charge in [0.2, 0.25) is 5.96 Å². The maximum atomic E-state index is 6.03. The maximum Gasteiger partial charge on any atom is 0.210 e. The van der Waals surface area contributed by atoms with Crippen molar-refractivity contribution in [1.29, 1.82) is 0 Å². The number of nitrogens with one attached hydrogen (secondary N) is 2. The van der Waals surface area contributed by atoms with Gasteiger partial charge in [0.1, 0.15) is 0 Å². The Morgan fingerprint density at radius 3 is 2.29 bits per heavy atom. The van der Waals surface area contributed by atoms with E-state index in [4.69, 9.17) is 40.6 Å². The van der Waals surface area contributed by atoms with E-state index >= 15 is 0 Å². The molecule has 0 bridgehead atoms. The summed E-state index contributed by atoms with van der Waals surface area (Å²) >= 11 is 17.9. The molecule has 1 fully saturated rings. The molecule has 0 unspecified atom stereocenters. The molecule has 1 saturated carbocycles. The first-order valence-electron chi connectivity index (χ1n) is 5.06. The Morgan fingerprint density at radius 1 is 1.24 bits per heavy atom. The van der Waals surface area contributed by atoms with Crippen LogP contribution in [0, 0.1) is 0 Å². The van der Waals surface area contributed by atoms with E-state index in [1.165, 1.54) is 0 Å². The predicted molar refractivity (Wildman–Crippen MR) is 72.9 cm³/mol. The zero-order valence-corrected chi connectivity index (χ0v) is 11.1. The second kappa shape index (κ2) is 5.31. The molecule has 0 aromatic heterocycles. The van der Waals surface area contributed by atoms with Gasteiger partial charge in [-0.15, -0.1) is 0 Å². The van der Waals surface area contributed by atoms with Gasteiger partial charge >= 0.3 is 0 Å². The molecule has 1 aliphatic rings. The maximum absolute atomic E-state index is 6.03. The van der Waals surface area contributed by atoms with Crippen LogP contribution < -0.4 is 16.6 Å². The highest BCUT2D eigenvalue weighted by Crippen LogP contribution is 2.33. The minimum absolute atomic E-state index is 0.332. The summed E-state index contributed by atoms with van der Waals surface area (Å²) in [5.74, 6) is 5.81. The summed E-state index contributed by atoms with van der Waals surface area (Å²) in [4.78, 5) is 4.33. The molecule has 0 aliphatic heterocycles. The Morgan fingerprint density at radius 2 is 1.82 bits per heavy atom. The van der Waals surface area contributed by atoms with Gasteiger partial charge in [-0.05, 0) is 25.0 Å². The lowest BCUT2D eigenvalue weighted by molar-refractivity contribution is 0.966. The van der Waals surface area contributed by atoms with Crippen molar-refractivity contribution in [2.24, 2.45) is 10.8 Å². The molecule has 4 N–H and O–H groups in total. The summed E-state index contributed by atoms with van der Waals surface area (Å²) in [5.41, 5.74) is 3.02. The fourth-order valence-electron chi connectivity index (χ4n) is 1.27. The van der Waals surface area contributed by atoms with E-state index in [-0.39, 0.29) is 0 Å². The van der Waals surface area contributed by atoms with Gasteiger partial charge in [-0.1, -0.05) is 34.8 Å². The number of hydrogen-bond acceptors (Lipinski definition) is 2. The van der Waals surface area contributed by atoms with Crippen LogP contribution in [0.25, 0.3) is 0 Å². The molecule has 1 aliphatic carbocycles. The quantitative estimate of drug-likeness (QED) is 0.340. The summed E-state index contributed by atoms with van der Waals surface area (Å²) in [6.07, 6.45) is 2.16. The SMILES string of the molecule is NNC(=NC1CC1)Nc1c(Cl)cc(Cl)cc1Cl.